The predicted octanol–water partition coefficient (Wildman–Crippen LogP) is 2.82. The number of benzene rings is 2. The minimum absolute atomic E-state index is 0.0305. The fourth-order valence-electron chi connectivity index (χ4n) is 2.14. The molecule has 0 fully saturated rings. The summed E-state index contributed by atoms with van der Waals surface area (Å²) in [5.41, 5.74) is 2.28. The summed E-state index contributed by atoms with van der Waals surface area (Å²) in [5.74, 6) is -1.52. The Morgan fingerprint density at radius 3 is 2.04 bits per heavy atom. The summed E-state index contributed by atoms with van der Waals surface area (Å²) in [4.78, 5) is 23.8. The molecule has 2 rings (SSSR count). The van der Waals surface area contributed by atoms with Gasteiger partial charge in [0.25, 0.3) is 0 Å². The van der Waals surface area contributed by atoms with Gasteiger partial charge in [-0.15, -0.1) is 0 Å². The quantitative estimate of drug-likeness (QED) is 0.749. The molecule has 2 amide bonds. The van der Waals surface area contributed by atoms with E-state index in [-0.39, 0.29) is 12.0 Å². The molecule has 2 aromatic carbocycles. The van der Waals surface area contributed by atoms with Gasteiger partial charge in [-0.25, -0.2) is 0 Å². The molecule has 1 atom stereocenters. The fourth-order valence-corrected chi connectivity index (χ4v) is 2.14. The van der Waals surface area contributed by atoms with Crippen LogP contribution in [0.2, 0.25) is 0 Å². The van der Waals surface area contributed by atoms with Crippen LogP contribution in [0.15, 0.2) is 54.6 Å². The molecule has 5 heteroatoms. The second-order valence-corrected chi connectivity index (χ2v) is 6.99. The molecule has 3 N–H and O–H groups in total. The molecule has 0 saturated heterocycles. The van der Waals surface area contributed by atoms with Crippen LogP contribution in [0.4, 0.5) is 5.69 Å². The fraction of sp³-hybridized carbons (Fsp3) is 0.300. The summed E-state index contributed by atoms with van der Waals surface area (Å²) in [5, 5.41) is 14.9. The van der Waals surface area contributed by atoms with Gasteiger partial charge in [0.15, 0.2) is 0 Å². The Morgan fingerprint density at radius 1 is 0.920 bits per heavy atom. The number of rotatable bonds is 4. The number of nitrogens with one attached hydrogen (secondary N) is 2. The van der Waals surface area contributed by atoms with Crippen LogP contribution < -0.4 is 10.6 Å². The summed E-state index contributed by atoms with van der Waals surface area (Å²) < 4.78 is 0. The van der Waals surface area contributed by atoms with Crippen LogP contribution in [-0.2, 0) is 9.59 Å². The van der Waals surface area contributed by atoms with Crippen LogP contribution in [0.3, 0.4) is 0 Å². The lowest BCUT2D eigenvalue weighted by Gasteiger charge is -2.25. The molecule has 2 aromatic rings. The molecule has 0 aliphatic carbocycles. The van der Waals surface area contributed by atoms with Gasteiger partial charge in [0.05, 0.1) is 6.10 Å². The van der Waals surface area contributed by atoms with Gasteiger partial charge in [-0.2, -0.15) is 0 Å². The van der Waals surface area contributed by atoms with Gasteiger partial charge in [-0.1, -0.05) is 63.2 Å². The zero-order valence-electron chi connectivity index (χ0n) is 14.7. The number of aliphatic hydroxyl groups excluding tert-OH is 1. The van der Waals surface area contributed by atoms with Gasteiger partial charge < -0.3 is 15.7 Å². The average Bonchev–Trinajstić information content (AvgIpc) is 2.59. The second kappa shape index (κ2) is 7.94. The van der Waals surface area contributed by atoms with E-state index < -0.39 is 17.9 Å². The highest BCUT2D eigenvalue weighted by molar-refractivity contribution is 6.39. The first-order valence-electron chi connectivity index (χ1n) is 8.20. The van der Waals surface area contributed by atoms with Gasteiger partial charge in [0.1, 0.15) is 0 Å². The van der Waals surface area contributed by atoms with Gasteiger partial charge in [-0.05, 0) is 28.7 Å². The molecule has 0 spiro atoms. The first-order chi connectivity index (χ1) is 11.8. The van der Waals surface area contributed by atoms with E-state index in [9.17, 15) is 14.7 Å². The van der Waals surface area contributed by atoms with E-state index in [0.29, 0.717) is 5.69 Å². The monoisotopic (exact) mass is 340 g/mol. The Labute approximate surface area is 148 Å². The molecular formula is C20H24N2O3. The molecule has 25 heavy (non-hydrogen) atoms. The largest absolute Gasteiger partial charge is 0.391 e. The normalized spacial score (nSPS) is 12.3. The van der Waals surface area contributed by atoms with E-state index in [2.05, 4.69) is 10.6 Å². The van der Waals surface area contributed by atoms with Crippen LogP contribution in [0.1, 0.15) is 20.8 Å². The topological polar surface area (TPSA) is 78.4 Å². The first-order valence-corrected chi connectivity index (χ1v) is 8.20. The van der Waals surface area contributed by atoms with E-state index in [4.69, 9.17) is 0 Å². The molecule has 0 aromatic heterocycles. The van der Waals surface area contributed by atoms with Crippen LogP contribution >= 0.6 is 0 Å². The highest BCUT2D eigenvalue weighted by Crippen LogP contribution is 2.21. The number of carbonyl (C=O) groups excluding carboxylic acids is 2. The Balaban J connectivity index is 1.91. The van der Waals surface area contributed by atoms with Crippen molar-refractivity contribution in [3.63, 3.8) is 0 Å². The molecule has 132 valence electrons. The number of hydrogen-bond donors (Lipinski definition) is 3. The predicted molar refractivity (Wildman–Crippen MR) is 99.0 cm³/mol. The van der Waals surface area contributed by atoms with Crippen molar-refractivity contribution in [2.24, 2.45) is 5.41 Å². The number of carbonyl (C=O) groups is 2. The third-order valence-corrected chi connectivity index (χ3v) is 3.91. The average molecular weight is 340 g/mol. The molecule has 5 nitrogen and oxygen atoms in total. The minimum atomic E-state index is -0.768. The van der Waals surface area contributed by atoms with Crippen molar-refractivity contribution in [2.75, 3.05) is 11.9 Å². The van der Waals surface area contributed by atoms with Crippen LogP contribution in [0.25, 0.3) is 11.1 Å². The summed E-state index contributed by atoms with van der Waals surface area (Å²) in [6.07, 6.45) is -0.727. The van der Waals surface area contributed by atoms with E-state index in [1.165, 1.54) is 0 Å². The third-order valence-electron chi connectivity index (χ3n) is 3.91. The van der Waals surface area contributed by atoms with Crippen molar-refractivity contribution in [1.29, 1.82) is 0 Å². The SMILES string of the molecule is CC(C)(C)C(O)CNC(=O)C(=O)Nc1ccc(-c2ccccc2)cc1. The highest BCUT2D eigenvalue weighted by atomic mass is 16.3. The standard InChI is InChI=1S/C20H24N2O3/c1-20(2,3)17(23)13-21-18(24)19(25)22-16-11-9-15(10-12-16)14-7-5-4-6-8-14/h4-12,17,23H,13H2,1-3H3,(H,21,24)(H,22,25). The maximum absolute atomic E-state index is 11.9. The molecular weight excluding hydrogens is 316 g/mol. The minimum Gasteiger partial charge on any atom is -0.391 e. The summed E-state index contributed by atoms with van der Waals surface area (Å²) >= 11 is 0. The van der Waals surface area contributed by atoms with Crippen molar-refractivity contribution in [3.05, 3.63) is 54.6 Å². The molecule has 1 unspecified atom stereocenters. The van der Waals surface area contributed by atoms with Crippen LogP contribution in [0, 0.1) is 5.41 Å². The third kappa shape index (κ3) is 5.43. The second-order valence-electron chi connectivity index (χ2n) is 6.99. The van der Waals surface area contributed by atoms with Crippen molar-refractivity contribution in [3.8, 4) is 11.1 Å². The molecule has 0 saturated carbocycles. The van der Waals surface area contributed by atoms with Crippen molar-refractivity contribution in [1.82, 2.24) is 5.32 Å². The van der Waals surface area contributed by atoms with Gasteiger partial charge >= 0.3 is 11.8 Å². The van der Waals surface area contributed by atoms with Crippen molar-refractivity contribution < 1.29 is 14.7 Å². The lowest BCUT2D eigenvalue weighted by atomic mass is 9.89. The molecule has 0 radical (unpaired) electrons. The number of amides is 2. The lowest BCUT2D eigenvalue weighted by Crippen LogP contribution is -2.43. The summed E-state index contributed by atoms with van der Waals surface area (Å²) in [7, 11) is 0. The molecule has 0 aliphatic rings. The maximum atomic E-state index is 11.9. The highest BCUT2D eigenvalue weighted by Gasteiger charge is 2.23. The zero-order chi connectivity index (χ0) is 18.4. The zero-order valence-corrected chi connectivity index (χ0v) is 14.7. The van der Waals surface area contributed by atoms with E-state index in [1.54, 1.807) is 12.1 Å². The van der Waals surface area contributed by atoms with Crippen molar-refractivity contribution >= 4 is 17.5 Å². The number of aliphatic hydroxyl groups is 1. The summed E-state index contributed by atoms with van der Waals surface area (Å²) in [6.45, 7) is 5.61. The Kier molecular flexibility index (Phi) is 5.93. The number of anilines is 1. The molecule has 0 aliphatic heterocycles. The van der Waals surface area contributed by atoms with Gasteiger partial charge in [0.2, 0.25) is 0 Å². The molecule has 0 heterocycles. The number of hydrogen-bond acceptors (Lipinski definition) is 3. The Hall–Kier alpha value is -2.66. The van der Waals surface area contributed by atoms with Crippen LogP contribution in [0.5, 0.6) is 0 Å². The maximum Gasteiger partial charge on any atom is 0.313 e. The van der Waals surface area contributed by atoms with E-state index >= 15 is 0 Å². The first kappa shape index (κ1) is 18.7. The van der Waals surface area contributed by atoms with Crippen LogP contribution in [-0.4, -0.2) is 29.6 Å². The van der Waals surface area contributed by atoms with E-state index in [1.807, 2.05) is 63.2 Å². The van der Waals surface area contributed by atoms with E-state index in [0.717, 1.165) is 11.1 Å². The smallest absolute Gasteiger partial charge is 0.313 e. The Morgan fingerprint density at radius 2 is 1.48 bits per heavy atom. The van der Waals surface area contributed by atoms with Gasteiger partial charge in [0, 0.05) is 12.2 Å². The summed E-state index contributed by atoms with van der Waals surface area (Å²) in [6, 6.07) is 17.1. The Bertz CT molecular complexity index is 719. The molecule has 0 bridgehead atoms. The van der Waals surface area contributed by atoms with Gasteiger partial charge in [-0.3, -0.25) is 9.59 Å². The lowest BCUT2D eigenvalue weighted by molar-refractivity contribution is -0.136. The van der Waals surface area contributed by atoms with Crippen molar-refractivity contribution in [2.45, 2.75) is 26.9 Å².